The van der Waals surface area contributed by atoms with Crippen LogP contribution in [-0.2, 0) is 12.7 Å². The first kappa shape index (κ1) is 28.2. The number of alkyl halides is 6. The van der Waals surface area contributed by atoms with Crippen molar-refractivity contribution in [2.75, 3.05) is 0 Å². The van der Waals surface area contributed by atoms with Gasteiger partial charge in [-0.25, -0.2) is 4.79 Å². The maximum absolute atomic E-state index is 13.7. The topological polar surface area (TPSA) is 85.4 Å². The van der Waals surface area contributed by atoms with Gasteiger partial charge in [-0.15, -0.1) is 0 Å². The molecule has 0 saturated carbocycles. The number of nitrogens with one attached hydrogen (secondary N) is 2. The number of carboxylic acid groups (broad SMARTS) is 1. The normalized spacial score (nSPS) is 13.5. The molecule has 0 aliphatic heterocycles. The first-order valence-electron chi connectivity index (χ1n) is 10.7. The van der Waals surface area contributed by atoms with Gasteiger partial charge >= 0.3 is 18.4 Å². The van der Waals surface area contributed by atoms with E-state index in [2.05, 4.69) is 4.98 Å². The summed E-state index contributed by atoms with van der Waals surface area (Å²) in [5.41, 5.74) is -2.44. The highest BCUT2D eigenvalue weighted by Crippen LogP contribution is 2.37. The zero-order chi connectivity index (χ0) is 27.9. The van der Waals surface area contributed by atoms with Gasteiger partial charge in [-0.3, -0.25) is 9.69 Å². The summed E-state index contributed by atoms with van der Waals surface area (Å²) in [6, 6.07) is 4.07. The summed E-state index contributed by atoms with van der Waals surface area (Å²) >= 11 is 6.29. The maximum atomic E-state index is 13.7. The molecule has 3 N–H and O–H groups in total. The van der Waals surface area contributed by atoms with Gasteiger partial charge in [-0.2, -0.15) is 26.3 Å². The molecule has 0 bridgehead atoms. The van der Waals surface area contributed by atoms with Gasteiger partial charge in [0.15, 0.2) is 6.04 Å². The Kier molecular flexibility index (Phi) is 7.46. The number of H-pyrrole nitrogens is 1. The van der Waals surface area contributed by atoms with Crippen molar-refractivity contribution < 1.29 is 41.0 Å². The lowest BCUT2D eigenvalue weighted by molar-refractivity contribution is -0.156. The van der Waals surface area contributed by atoms with E-state index in [1.54, 1.807) is 26.1 Å². The Hall–Kier alpha value is -3.41. The lowest BCUT2D eigenvalue weighted by Crippen LogP contribution is -2.44. The Labute approximate surface area is 212 Å². The molecule has 0 saturated heterocycles. The van der Waals surface area contributed by atoms with E-state index >= 15 is 0 Å². The summed E-state index contributed by atoms with van der Waals surface area (Å²) in [6.45, 7) is 4.97. The Bertz CT molecular complexity index is 1330. The molecule has 1 heterocycles. The van der Waals surface area contributed by atoms with Crippen LogP contribution in [0.3, 0.4) is 0 Å². The van der Waals surface area contributed by atoms with E-state index in [0.29, 0.717) is 28.6 Å². The van der Waals surface area contributed by atoms with Crippen LogP contribution < -0.4 is 5.32 Å². The van der Waals surface area contributed by atoms with Crippen molar-refractivity contribution in [1.29, 1.82) is 0 Å². The molecular formula is C24H22ClF6N3O3. The van der Waals surface area contributed by atoms with Gasteiger partial charge in [0, 0.05) is 21.5 Å². The number of benzene rings is 2. The van der Waals surface area contributed by atoms with E-state index in [4.69, 9.17) is 11.6 Å². The number of rotatable bonds is 5. The van der Waals surface area contributed by atoms with Gasteiger partial charge in [-0.05, 0) is 62.2 Å². The van der Waals surface area contributed by atoms with E-state index in [-0.39, 0.29) is 17.3 Å². The quantitative estimate of drug-likeness (QED) is 0.295. The number of carbonyl (C=O) groups is 2. The van der Waals surface area contributed by atoms with E-state index in [0.717, 1.165) is 17.0 Å². The number of aromatic nitrogens is 1. The lowest BCUT2D eigenvalue weighted by Gasteiger charge is -2.33. The molecule has 6 nitrogen and oxygen atoms in total. The van der Waals surface area contributed by atoms with E-state index in [1.807, 2.05) is 0 Å². The molecule has 37 heavy (non-hydrogen) atoms. The van der Waals surface area contributed by atoms with E-state index in [9.17, 15) is 41.0 Å². The highest BCUT2D eigenvalue weighted by atomic mass is 35.5. The predicted molar refractivity (Wildman–Crippen MR) is 124 cm³/mol. The van der Waals surface area contributed by atoms with Crippen LogP contribution in [0.1, 0.15) is 54.0 Å². The lowest BCUT2D eigenvalue weighted by atomic mass is 10.0. The van der Waals surface area contributed by atoms with Crippen LogP contribution in [0.15, 0.2) is 42.5 Å². The highest BCUT2D eigenvalue weighted by Gasteiger charge is 2.43. The van der Waals surface area contributed by atoms with Gasteiger partial charge < -0.3 is 15.4 Å². The molecule has 0 fully saturated rings. The first-order chi connectivity index (χ1) is 16.9. The fourth-order valence-electron chi connectivity index (χ4n) is 3.66. The van der Waals surface area contributed by atoms with Crippen molar-refractivity contribution in [3.8, 4) is 0 Å². The van der Waals surface area contributed by atoms with Crippen LogP contribution in [-0.4, -0.2) is 38.7 Å². The van der Waals surface area contributed by atoms with Crippen LogP contribution in [0.4, 0.5) is 31.1 Å². The minimum atomic E-state index is -5.09. The Balaban J connectivity index is 1.93. The van der Waals surface area contributed by atoms with E-state index in [1.165, 1.54) is 18.2 Å². The largest absolute Gasteiger partial charge is 0.465 e. The first-order valence-corrected chi connectivity index (χ1v) is 11.1. The summed E-state index contributed by atoms with van der Waals surface area (Å²) < 4.78 is 80.2. The summed E-state index contributed by atoms with van der Waals surface area (Å²) in [7, 11) is 0. The molecular weight excluding hydrogens is 528 g/mol. The van der Waals surface area contributed by atoms with Crippen molar-refractivity contribution in [3.05, 3.63) is 69.9 Å². The number of hydrogen-bond donors (Lipinski definition) is 3. The molecule has 0 spiro atoms. The Morgan fingerprint density at radius 3 is 2.24 bits per heavy atom. The molecule has 3 rings (SSSR count). The van der Waals surface area contributed by atoms with Crippen LogP contribution in [0.2, 0.25) is 5.02 Å². The molecule has 2 aromatic carbocycles. The number of nitrogens with zero attached hydrogens (tertiary/aromatic N) is 1. The molecule has 0 radical (unpaired) electrons. The fourth-order valence-corrected chi connectivity index (χ4v) is 3.89. The Morgan fingerprint density at radius 1 is 1.05 bits per heavy atom. The minimum Gasteiger partial charge on any atom is -0.465 e. The van der Waals surface area contributed by atoms with Crippen molar-refractivity contribution in [2.45, 2.75) is 51.2 Å². The molecule has 200 valence electrons. The predicted octanol–water partition coefficient (Wildman–Crippen LogP) is 7.15. The summed E-state index contributed by atoms with van der Waals surface area (Å²) in [6.07, 6.45) is -11.1. The van der Waals surface area contributed by atoms with Gasteiger partial charge in [0.1, 0.15) is 5.69 Å². The van der Waals surface area contributed by atoms with Gasteiger partial charge in [0.25, 0.3) is 5.91 Å². The van der Waals surface area contributed by atoms with Gasteiger partial charge in [-0.1, -0.05) is 23.7 Å². The highest BCUT2D eigenvalue weighted by molar-refractivity contribution is 6.32. The average molecular weight is 550 g/mol. The SMILES string of the molecule is CC(C)(C)N(Cc1cc2cc(C(=O)NC(c3cccc(C(F)(F)F)c3)C(F)(F)F)[nH]c2cc1Cl)C(=O)O. The van der Waals surface area contributed by atoms with Gasteiger partial charge in [0.2, 0.25) is 0 Å². The molecule has 1 atom stereocenters. The van der Waals surface area contributed by atoms with Crippen molar-refractivity contribution in [3.63, 3.8) is 0 Å². The van der Waals surface area contributed by atoms with Crippen LogP contribution in [0, 0.1) is 0 Å². The number of aromatic amines is 1. The average Bonchev–Trinajstić information content (AvgIpc) is 3.16. The summed E-state index contributed by atoms with van der Waals surface area (Å²) in [4.78, 5) is 28.2. The minimum absolute atomic E-state index is 0.0913. The van der Waals surface area contributed by atoms with Crippen molar-refractivity contribution in [2.24, 2.45) is 0 Å². The molecule has 1 unspecified atom stereocenters. The molecule has 13 heteroatoms. The third-order valence-electron chi connectivity index (χ3n) is 5.55. The second-order valence-electron chi connectivity index (χ2n) is 9.32. The van der Waals surface area contributed by atoms with Crippen LogP contribution in [0.25, 0.3) is 10.9 Å². The maximum Gasteiger partial charge on any atom is 0.416 e. The smallest absolute Gasteiger partial charge is 0.416 e. The van der Waals surface area contributed by atoms with E-state index < -0.39 is 47.1 Å². The third-order valence-corrected chi connectivity index (χ3v) is 5.90. The van der Waals surface area contributed by atoms with Crippen LogP contribution >= 0.6 is 11.6 Å². The molecule has 2 amide bonds. The van der Waals surface area contributed by atoms with Crippen molar-refractivity contribution in [1.82, 2.24) is 15.2 Å². The molecule has 3 aromatic rings. The number of hydrogen-bond acceptors (Lipinski definition) is 2. The number of amides is 2. The van der Waals surface area contributed by atoms with Gasteiger partial charge in [0.05, 0.1) is 12.1 Å². The Morgan fingerprint density at radius 2 is 1.70 bits per heavy atom. The monoisotopic (exact) mass is 549 g/mol. The summed E-state index contributed by atoms with van der Waals surface area (Å²) in [5.74, 6) is -1.21. The fraction of sp³-hybridized carbons (Fsp3) is 0.333. The number of fused-ring (bicyclic) bond motifs is 1. The number of carbonyl (C=O) groups excluding carboxylic acids is 1. The van der Waals surface area contributed by atoms with Crippen LogP contribution in [0.5, 0.6) is 0 Å². The second kappa shape index (κ2) is 9.81. The zero-order valence-electron chi connectivity index (χ0n) is 19.7. The second-order valence-corrected chi connectivity index (χ2v) is 9.73. The molecule has 1 aromatic heterocycles. The zero-order valence-corrected chi connectivity index (χ0v) is 20.4. The number of halogens is 7. The van der Waals surface area contributed by atoms with Crippen molar-refractivity contribution >= 4 is 34.5 Å². The summed E-state index contributed by atoms with van der Waals surface area (Å²) in [5, 5.41) is 11.8. The molecule has 0 aliphatic rings. The third kappa shape index (κ3) is 6.48. The molecule has 0 aliphatic carbocycles. The standard InChI is InChI=1S/C24H22ClF6N3O3/c1-22(2,3)34(21(36)37)11-14-7-13-9-18(32-17(13)10-16(14)25)20(35)33-19(24(29,30)31)12-5-4-6-15(8-12)23(26,27)28/h4-10,19,32H,11H2,1-3H3,(H,33,35)(H,36,37).